The van der Waals surface area contributed by atoms with Crippen molar-refractivity contribution in [3.8, 4) is 0 Å². The average molecular weight is 354 g/mol. The maximum Gasteiger partial charge on any atom is 0.239 e. The number of anilines is 1. The van der Waals surface area contributed by atoms with E-state index in [0.29, 0.717) is 15.7 Å². The van der Waals surface area contributed by atoms with Gasteiger partial charge in [0.2, 0.25) is 5.91 Å². The van der Waals surface area contributed by atoms with Crippen molar-refractivity contribution in [1.29, 1.82) is 0 Å². The van der Waals surface area contributed by atoms with Crippen molar-refractivity contribution in [2.45, 2.75) is 26.3 Å². The zero-order valence-electron chi connectivity index (χ0n) is 10.4. The van der Waals surface area contributed by atoms with Crippen LogP contribution in [0.5, 0.6) is 0 Å². The van der Waals surface area contributed by atoms with Crippen molar-refractivity contribution >= 4 is 50.7 Å². The van der Waals surface area contributed by atoms with Crippen LogP contribution in [-0.4, -0.2) is 18.0 Å². The minimum atomic E-state index is -0.258. The smallest absolute Gasteiger partial charge is 0.239 e. The van der Waals surface area contributed by atoms with Crippen LogP contribution in [0.4, 0.5) is 5.69 Å². The molecule has 0 spiro atoms. The highest BCUT2D eigenvalue weighted by atomic mass is 79.9. The first-order valence-corrected chi connectivity index (χ1v) is 6.93. The fourth-order valence-electron chi connectivity index (χ4n) is 1.34. The molecule has 0 aliphatic carbocycles. The van der Waals surface area contributed by atoms with Crippen LogP contribution in [-0.2, 0) is 4.79 Å². The average Bonchev–Trinajstić information content (AvgIpc) is 2.12. The second kappa shape index (κ2) is 6.13. The standard InChI is InChI=1S/C12H15BrCl2N2O/c1-12(2,3)17-10(18)6-16-11-8(14)4-7(13)5-9(11)15/h4-5,16H,6H2,1-3H3,(H,17,18). The Morgan fingerprint density at radius 2 is 1.78 bits per heavy atom. The number of carbonyl (C=O) groups excluding carboxylic acids is 1. The lowest BCUT2D eigenvalue weighted by molar-refractivity contribution is -0.120. The van der Waals surface area contributed by atoms with Gasteiger partial charge in [0.1, 0.15) is 0 Å². The Kier molecular flexibility index (Phi) is 5.32. The Hall–Kier alpha value is -0.450. The maximum atomic E-state index is 11.7. The van der Waals surface area contributed by atoms with E-state index in [2.05, 4.69) is 26.6 Å². The molecule has 100 valence electrons. The first-order valence-electron chi connectivity index (χ1n) is 5.38. The van der Waals surface area contributed by atoms with Crippen LogP contribution in [0.1, 0.15) is 20.8 Å². The van der Waals surface area contributed by atoms with Gasteiger partial charge < -0.3 is 10.6 Å². The molecule has 0 saturated carbocycles. The number of halogens is 3. The Morgan fingerprint density at radius 1 is 1.28 bits per heavy atom. The molecule has 0 aliphatic heterocycles. The van der Waals surface area contributed by atoms with E-state index in [4.69, 9.17) is 23.2 Å². The summed E-state index contributed by atoms with van der Waals surface area (Å²) in [5.41, 5.74) is 0.303. The molecule has 0 aliphatic rings. The molecular weight excluding hydrogens is 339 g/mol. The minimum Gasteiger partial charge on any atom is -0.374 e. The van der Waals surface area contributed by atoms with E-state index in [-0.39, 0.29) is 18.0 Å². The highest BCUT2D eigenvalue weighted by Crippen LogP contribution is 2.33. The number of amides is 1. The fraction of sp³-hybridized carbons (Fsp3) is 0.417. The van der Waals surface area contributed by atoms with Gasteiger partial charge in [-0.05, 0) is 32.9 Å². The number of hydrogen-bond acceptors (Lipinski definition) is 2. The molecular formula is C12H15BrCl2N2O. The number of rotatable bonds is 3. The van der Waals surface area contributed by atoms with Crippen LogP contribution >= 0.6 is 39.1 Å². The summed E-state index contributed by atoms with van der Waals surface area (Å²) in [4.78, 5) is 11.7. The normalized spacial score (nSPS) is 11.2. The molecule has 0 bridgehead atoms. The van der Waals surface area contributed by atoms with Gasteiger partial charge in [0.25, 0.3) is 0 Å². The van der Waals surface area contributed by atoms with E-state index in [0.717, 1.165) is 4.47 Å². The topological polar surface area (TPSA) is 41.1 Å². The van der Waals surface area contributed by atoms with Crippen molar-refractivity contribution in [3.63, 3.8) is 0 Å². The lowest BCUT2D eigenvalue weighted by Crippen LogP contribution is -2.43. The van der Waals surface area contributed by atoms with Crippen LogP contribution in [0.25, 0.3) is 0 Å². The van der Waals surface area contributed by atoms with E-state index in [1.807, 2.05) is 20.8 Å². The van der Waals surface area contributed by atoms with Gasteiger partial charge in [0.15, 0.2) is 0 Å². The second-order valence-corrected chi connectivity index (χ2v) is 6.63. The molecule has 0 saturated heterocycles. The number of hydrogen-bond donors (Lipinski definition) is 2. The number of benzene rings is 1. The van der Waals surface area contributed by atoms with Gasteiger partial charge in [-0.3, -0.25) is 4.79 Å². The third-order valence-corrected chi connectivity index (χ3v) is 3.00. The molecule has 0 aromatic heterocycles. The monoisotopic (exact) mass is 352 g/mol. The van der Waals surface area contributed by atoms with Crippen molar-refractivity contribution in [2.24, 2.45) is 0 Å². The molecule has 18 heavy (non-hydrogen) atoms. The fourth-order valence-corrected chi connectivity index (χ4v) is 2.68. The van der Waals surface area contributed by atoms with E-state index in [1.54, 1.807) is 12.1 Å². The molecule has 1 rings (SSSR count). The second-order valence-electron chi connectivity index (χ2n) is 4.90. The number of carbonyl (C=O) groups is 1. The van der Waals surface area contributed by atoms with Gasteiger partial charge >= 0.3 is 0 Å². The largest absolute Gasteiger partial charge is 0.374 e. The first kappa shape index (κ1) is 15.6. The van der Waals surface area contributed by atoms with Crippen molar-refractivity contribution in [1.82, 2.24) is 5.32 Å². The molecule has 0 atom stereocenters. The molecule has 6 heteroatoms. The Labute approximate surface area is 125 Å². The van der Waals surface area contributed by atoms with Gasteiger partial charge in [-0.15, -0.1) is 0 Å². The van der Waals surface area contributed by atoms with E-state index >= 15 is 0 Å². The van der Waals surface area contributed by atoms with Crippen LogP contribution in [0.15, 0.2) is 16.6 Å². The summed E-state index contributed by atoms with van der Waals surface area (Å²) in [6, 6.07) is 3.44. The summed E-state index contributed by atoms with van der Waals surface area (Å²) in [7, 11) is 0. The van der Waals surface area contributed by atoms with Crippen molar-refractivity contribution in [2.75, 3.05) is 11.9 Å². The molecule has 0 radical (unpaired) electrons. The Balaban J connectivity index is 2.67. The molecule has 0 unspecified atom stereocenters. The Morgan fingerprint density at radius 3 is 2.22 bits per heavy atom. The first-order chi connectivity index (χ1) is 8.19. The maximum absolute atomic E-state index is 11.7. The molecule has 0 heterocycles. The van der Waals surface area contributed by atoms with E-state index in [9.17, 15) is 4.79 Å². The summed E-state index contributed by atoms with van der Waals surface area (Å²) >= 11 is 15.4. The summed E-state index contributed by atoms with van der Waals surface area (Å²) in [6.07, 6.45) is 0. The quantitative estimate of drug-likeness (QED) is 0.859. The van der Waals surface area contributed by atoms with Crippen molar-refractivity contribution < 1.29 is 4.79 Å². The van der Waals surface area contributed by atoms with Gasteiger partial charge in [0.05, 0.1) is 22.3 Å². The van der Waals surface area contributed by atoms with E-state index in [1.165, 1.54) is 0 Å². The molecule has 1 amide bonds. The predicted octanol–water partition coefficient (Wildman–Crippen LogP) is 4.08. The lowest BCUT2D eigenvalue weighted by atomic mass is 10.1. The van der Waals surface area contributed by atoms with Crippen LogP contribution in [0.3, 0.4) is 0 Å². The van der Waals surface area contributed by atoms with Crippen LogP contribution in [0, 0.1) is 0 Å². The van der Waals surface area contributed by atoms with E-state index < -0.39 is 0 Å². The molecule has 1 aromatic carbocycles. The SMILES string of the molecule is CC(C)(C)NC(=O)CNc1c(Cl)cc(Br)cc1Cl. The Bertz CT molecular complexity index is 435. The summed E-state index contributed by atoms with van der Waals surface area (Å²) in [5, 5.41) is 6.72. The summed E-state index contributed by atoms with van der Waals surface area (Å²) < 4.78 is 0.794. The van der Waals surface area contributed by atoms with Gasteiger partial charge in [-0.1, -0.05) is 39.1 Å². The summed E-state index contributed by atoms with van der Waals surface area (Å²) in [6.45, 7) is 5.89. The van der Waals surface area contributed by atoms with Gasteiger partial charge in [0, 0.05) is 10.0 Å². The zero-order valence-corrected chi connectivity index (χ0v) is 13.5. The zero-order chi connectivity index (χ0) is 13.9. The molecule has 0 fully saturated rings. The lowest BCUT2D eigenvalue weighted by Gasteiger charge is -2.21. The highest BCUT2D eigenvalue weighted by molar-refractivity contribution is 9.10. The molecule has 3 nitrogen and oxygen atoms in total. The predicted molar refractivity (Wildman–Crippen MR) is 80.5 cm³/mol. The molecule has 2 N–H and O–H groups in total. The van der Waals surface area contributed by atoms with Gasteiger partial charge in [-0.25, -0.2) is 0 Å². The number of nitrogens with one attached hydrogen (secondary N) is 2. The van der Waals surface area contributed by atoms with Crippen molar-refractivity contribution in [3.05, 3.63) is 26.7 Å². The van der Waals surface area contributed by atoms with Gasteiger partial charge in [-0.2, -0.15) is 0 Å². The third kappa shape index (κ3) is 5.04. The highest BCUT2D eigenvalue weighted by Gasteiger charge is 2.14. The van der Waals surface area contributed by atoms with Crippen LogP contribution in [0.2, 0.25) is 10.0 Å². The molecule has 1 aromatic rings. The summed E-state index contributed by atoms with van der Waals surface area (Å²) in [5.74, 6) is -0.113. The van der Waals surface area contributed by atoms with Crippen LogP contribution < -0.4 is 10.6 Å². The minimum absolute atomic E-state index is 0.113. The third-order valence-electron chi connectivity index (χ3n) is 1.95.